The summed E-state index contributed by atoms with van der Waals surface area (Å²) in [6.45, 7) is 2.98. The number of nitrogens with zero attached hydrogens (tertiary/aromatic N) is 2. The highest BCUT2D eigenvalue weighted by Gasteiger charge is 2.12. The van der Waals surface area contributed by atoms with E-state index in [0.29, 0.717) is 16.4 Å². The van der Waals surface area contributed by atoms with Gasteiger partial charge in [-0.05, 0) is 25.1 Å². The van der Waals surface area contributed by atoms with Crippen LogP contribution in [0.15, 0.2) is 24.5 Å². The number of nitrogens with one attached hydrogen (secondary N) is 3. The molecule has 1 amide bonds. The Morgan fingerprint density at radius 3 is 3.00 bits per heavy atom. The maximum Gasteiger partial charge on any atom is 0.253 e. The molecule has 1 heterocycles. The van der Waals surface area contributed by atoms with E-state index < -0.39 is 0 Å². The first kappa shape index (κ1) is 13.4. The summed E-state index contributed by atoms with van der Waals surface area (Å²) in [5.41, 5.74) is 1.26. The molecule has 0 spiro atoms. The first-order valence-corrected chi connectivity index (χ1v) is 6.24. The van der Waals surface area contributed by atoms with Crippen LogP contribution in [0.2, 0.25) is 5.02 Å². The van der Waals surface area contributed by atoms with Crippen LogP contribution in [-0.2, 0) is 6.54 Å². The molecule has 2 aromatic rings. The highest BCUT2D eigenvalue weighted by molar-refractivity contribution is 6.31. The molecule has 1 aromatic carbocycles. The van der Waals surface area contributed by atoms with Crippen LogP contribution in [0.1, 0.15) is 23.1 Å². The molecule has 3 N–H and O–H groups in total. The molecule has 0 unspecified atom stereocenters. The number of aromatic nitrogens is 3. The number of anilines is 1. The van der Waals surface area contributed by atoms with Crippen molar-refractivity contribution < 1.29 is 4.79 Å². The number of benzene rings is 1. The lowest BCUT2D eigenvalue weighted by Gasteiger charge is -2.11. The summed E-state index contributed by atoms with van der Waals surface area (Å²) in [7, 11) is 0. The van der Waals surface area contributed by atoms with E-state index in [1.54, 1.807) is 18.2 Å². The van der Waals surface area contributed by atoms with Crippen LogP contribution in [0, 0.1) is 0 Å². The molecule has 2 rings (SSSR count). The number of rotatable bonds is 5. The molecule has 0 saturated carbocycles. The Bertz CT molecular complexity index is 555. The largest absolute Gasteiger partial charge is 0.385 e. The van der Waals surface area contributed by atoms with Gasteiger partial charge < -0.3 is 10.6 Å². The molecular weight excluding hydrogens is 266 g/mol. The zero-order valence-corrected chi connectivity index (χ0v) is 11.2. The molecule has 0 aliphatic rings. The summed E-state index contributed by atoms with van der Waals surface area (Å²) in [5, 5.41) is 12.8. The van der Waals surface area contributed by atoms with Gasteiger partial charge in [0.2, 0.25) is 0 Å². The van der Waals surface area contributed by atoms with Gasteiger partial charge >= 0.3 is 0 Å². The lowest BCUT2D eigenvalue weighted by Crippen LogP contribution is -2.24. The summed E-state index contributed by atoms with van der Waals surface area (Å²) in [6.07, 6.45) is 1.39. The van der Waals surface area contributed by atoms with Gasteiger partial charge in [0.1, 0.15) is 12.2 Å². The predicted molar refractivity (Wildman–Crippen MR) is 73.2 cm³/mol. The first-order valence-electron chi connectivity index (χ1n) is 5.86. The Kier molecular flexibility index (Phi) is 4.35. The normalized spacial score (nSPS) is 10.2. The summed E-state index contributed by atoms with van der Waals surface area (Å²) in [5.74, 6) is 0.384. The zero-order valence-electron chi connectivity index (χ0n) is 10.4. The third-order valence-electron chi connectivity index (χ3n) is 2.47. The van der Waals surface area contributed by atoms with E-state index in [0.717, 1.165) is 12.2 Å². The number of halogens is 1. The van der Waals surface area contributed by atoms with Gasteiger partial charge in [-0.15, -0.1) is 0 Å². The molecule has 0 aliphatic heterocycles. The van der Waals surface area contributed by atoms with Gasteiger partial charge in [-0.2, -0.15) is 5.10 Å². The van der Waals surface area contributed by atoms with Crippen LogP contribution in [0.25, 0.3) is 0 Å². The van der Waals surface area contributed by atoms with Crippen molar-refractivity contribution in [1.29, 1.82) is 0 Å². The number of hydrogen-bond acceptors (Lipinski definition) is 4. The quantitative estimate of drug-likeness (QED) is 0.780. The number of aromatic amines is 1. The van der Waals surface area contributed by atoms with Gasteiger partial charge in [-0.1, -0.05) is 11.6 Å². The molecule has 100 valence electrons. The number of carbonyl (C=O) groups excluding carboxylic acids is 1. The second-order valence-electron chi connectivity index (χ2n) is 3.84. The molecule has 7 heteroatoms. The molecular formula is C12H14ClN5O. The second kappa shape index (κ2) is 6.19. The molecule has 0 aliphatic carbocycles. The lowest BCUT2D eigenvalue weighted by molar-refractivity contribution is 0.0950. The fourth-order valence-electron chi connectivity index (χ4n) is 1.62. The van der Waals surface area contributed by atoms with Crippen LogP contribution < -0.4 is 10.6 Å². The van der Waals surface area contributed by atoms with Crippen molar-refractivity contribution in [2.24, 2.45) is 0 Å². The molecule has 6 nitrogen and oxygen atoms in total. The maximum atomic E-state index is 12.1. The van der Waals surface area contributed by atoms with Crippen molar-refractivity contribution in [2.45, 2.75) is 13.5 Å². The fraction of sp³-hybridized carbons (Fsp3) is 0.250. The highest BCUT2D eigenvalue weighted by atomic mass is 35.5. The van der Waals surface area contributed by atoms with E-state index in [1.165, 1.54) is 6.33 Å². The second-order valence-corrected chi connectivity index (χ2v) is 4.27. The molecule has 0 radical (unpaired) electrons. The molecule has 0 bridgehead atoms. The third kappa shape index (κ3) is 3.45. The Morgan fingerprint density at radius 1 is 1.47 bits per heavy atom. The first-order chi connectivity index (χ1) is 9.20. The van der Waals surface area contributed by atoms with Crippen molar-refractivity contribution in [2.75, 3.05) is 11.9 Å². The number of carbonyl (C=O) groups is 1. The Labute approximate surface area is 115 Å². The molecule has 0 saturated heterocycles. The van der Waals surface area contributed by atoms with Crippen LogP contribution in [-0.4, -0.2) is 27.6 Å². The predicted octanol–water partition coefficient (Wildman–Crippen LogP) is 1.82. The number of H-pyrrole nitrogens is 1. The number of amides is 1. The average molecular weight is 280 g/mol. The zero-order chi connectivity index (χ0) is 13.7. The van der Waals surface area contributed by atoms with Gasteiger partial charge in [-0.3, -0.25) is 9.89 Å². The van der Waals surface area contributed by atoms with E-state index in [2.05, 4.69) is 25.8 Å². The summed E-state index contributed by atoms with van der Waals surface area (Å²) in [4.78, 5) is 16.1. The van der Waals surface area contributed by atoms with E-state index in [1.807, 2.05) is 6.92 Å². The smallest absolute Gasteiger partial charge is 0.253 e. The maximum absolute atomic E-state index is 12.1. The Hall–Kier alpha value is -2.08. The molecule has 1 aromatic heterocycles. The van der Waals surface area contributed by atoms with Crippen LogP contribution >= 0.6 is 11.6 Å². The van der Waals surface area contributed by atoms with E-state index in [4.69, 9.17) is 11.6 Å². The average Bonchev–Trinajstić information content (AvgIpc) is 2.91. The van der Waals surface area contributed by atoms with Gasteiger partial charge in [0, 0.05) is 17.3 Å². The van der Waals surface area contributed by atoms with Gasteiger partial charge in [0.15, 0.2) is 0 Å². The Balaban J connectivity index is 2.11. The minimum atomic E-state index is -0.213. The summed E-state index contributed by atoms with van der Waals surface area (Å²) in [6, 6.07) is 5.16. The number of hydrogen-bond donors (Lipinski definition) is 3. The lowest BCUT2D eigenvalue weighted by atomic mass is 10.1. The van der Waals surface area contributed by atoms with Crippen LogP contribution in [0.3, 0.4) is 0 Å². The SMILES string of the molecule is CCNc1ccc(Cl)cc1C(=O)NCc1ncn[nH]1. The standard InChI is InChI=1S/C12H14ClN5O/c1-2-14-10-4-3-8(13)5-9(10)12(19)15-6-11-16-7-17-18-11/h3-5,7,14H,2,6H2,1H3,(H,15,19)(H,16,17,18). The topological polar surface area (TPSA) is 82.7 Å². The van der Waals surface area contributed by atoms with E-state index in [9.17, 15) is 4.79 Å². The van der Waals surface area contributed by atoms with Gasteiger partial charge in [0.05, 0.1) is 12.1 Å². The Morgan fingerprint density at radius 2 is 2.32 bits per heavy atom. The van der Waals surface area contributed by atoms with Crippen molar-refractivity contribution in [3.8, 4) is 0 Å². The van der Waals surface area contributed by atoms with Gasteiger partial charge in [0.25, 0.3) is 5.91 Å². The fourth-order valence-corrected chi connectivity index (χ4v) is 1.80. The summed E-state index contributed by atoms with van der Waals surface area (Å²) < 4.78 is 0. The van der Waals surface area contributed by atoms with Crippen LogP contribution in [0.5, 0.6) is 0 Å². The third-order valence-corrected chi connectivity index (χ3v) is 2.71. The molecule has 19 heavy (non-hydrogen) atoms. The molecule has 0 fully saturated rings. The minimum absolute atomic E-state index is 0.213. The van der Waals surface area contributed by atoms with Crippen LogP contribution in [0.4, 0.5) is 5.69 Å². The van der Waals surface area contributed by atoms with Crippen molar-refractivity contribution >= 4 is 23.2 Å². The highest BCUT2D eigenvalue weighted by Crippen LogP contribution is 2.20. The minimum Gasteiger partial charge on any atom is -0.385 e. The van der Waals surface area contributed by atoms with Crippen molar-refractivity contribution in [1.82, 2.24) is 20.5 Å². The van der Waals surface area contributed by atoms with E-state index in [-0.39, 0.29) is 12.5 Å². The van der Waals surface area contributed by atoms with Gasteiger partial charge in [-0.25, -0.2) is 4.98 Å². The molecule has 0 atom stereocenters. The van der Waals surface area contributed by atoms with Crippen molar-refractivity contribution in [3.63, 3.8) is 0 Å². The summed E-state index contributed by atoms with van der Waals surface area (Å²) >= 11 is 5.92. The van der Waals surface area contributed by atoms with E-state index >= 15 is 0 Å². The monoisotopic (exact) mass is 279 g/mol. The van der Waals surface area contributed by atoms with Crippen molar-refractivity contribution in [3.05, 3.63) is 40.9 Å².